The van der Waals surface area contributed by atoms with Crippen LogP contribution in [-0.2, 0) is 4.74 Å². The van der Waals surface area contributed by atoms with Crippen LogP contribution in [0.25, 0.3) is 0 Å². The van der Waals surface area contributed by atoms with Gasteiger partial charge in [-0.3, -0.25) is 9.78 Å². The molecule has 0 atom stereocenters. The molecule has 2 heterocycles. The van der Waals surface area contributed by atoms with E-state index < -0.39 is 5.54 Å². The number of nitrogens with zero attached hydrogens (tertiary/aromatic N) is 1. The number of Topliss-reactive ketones (excluding diaryl/α,β-unsaturated/α-hetero) is 1. The van der Waals surface area contributed by atoms with E-state index in [-0.39, 0.29) is 5.78 Å². The maximum Gasteiger partial charge on any atom is 0.184 e. The van der Waals surface area contributed by atoms with E-state index in [1.807, 2.05) is 6.92 Å². The zero-order chi connectivity index (χ0) is 13.0. The lowest BCUT2D eigenvalue weighted by Crippen LogP contribution is -2.51. The van der Waals surface area contributed by atoms with Gasteiger partial charge in [0.15, 0.2) is 5.78 Å². The summed E-state index contributed by atoms with van der Waals surface area (Å²) in [6.07, 6.45) is 4.22. The number of hydrogen-bond donors (Lipinski definition) is 1. The number of carbonyl (C=O) groups excluding carboxylic acids is 1. The molecule has 18 heavy (non-hydrogen) atoms. The summed E-state index contributed by atoms with van der Waals surface area (Å²) in [6.45, 7) is 3.49. The third kappa shape index (κ3) is 2.68. The molecule has 0 aliphatic carbocycles. The SMILES string of the molecule is CCOc1cncc(C(=O)C2(N)CCOCC2)c1. The minimum atomic E-state index is -0.829. The topological polar surface area (TPSA) is 74.4 Å². The van der Waals surface area contributed by atoms with Crippen molar-refractivity contribution < 1.29 is 14.3 Å². The monoisotopic (exact) mass is 250 g/mol. The van der Waals surface area contributed by atoms with Crippen LogP contribution in [0.3, 0.4) is 0 Å². The zero-order valence-corrected chi connectivity index (χ0v) is 10.5. The van der Waals surface area contributed by atoms with Crippen LogP contribution >= 0.6 is 0 Å². The van der Waals surface area contributed by atoms with Crippen molar-refractivity contribution >= 4 is 5.78 Å². The van der Waals surface area contributed by atoms with Crippen LogP contribution in [0.5, 0.6) is 5.75 Å². The molecule has 98 valence electrons. The number of rotatable bonds is 4. The first-order valence-electron chi connectivity index (χ1n) is 6.15. The van der Waals surface area contributed by atoms with Crippen molar-refractivity contribution in [2.75, 3.05) is 19.8 Å². The molecule has 0 saturated carbocycles. The van der Waals surface area contributed by atoms with Crippen molar-refractivity contribution in [2.45, 2.75) is 25.3 Å². The van der Waals surface area contributed by atoms with Gasteiger partial charge in [-0.1, -0.05) is 0 Å². The second kappa shape index (κ2) is 5.46. The largest absolute Gasteiger partial charge is 0.492 e. The number of ketones is 1. The molecule has 0 radical (unpaired) electrons. The average Bonchev–Trinajstić information content (AvgIpc) is 2.39. The van der Waals surface area contributed by atoms with Gasteiger partial charge in [0, 0.05) is 25.0 Å². The van der Waals surface area contributed by atoms with Gasteiger partial charge >= 0.3 is 0 Å². The Labute approximate surface area is 106 Å². The fraction of sp³-hybridized carbons (Fsp3) is 0.538. The Morgan fingerprint density at radius 3 is 2.89 bits per heavy atom. The van der Waals surface area contributed by atoms with E-state index in [0.29, 0.717) is 44.0 Å². The molecular formula is C13H18N2O3. The fourth-order valence-electron chi connectivity index (χ4n) is 2.04. The summed E-state index contributed by atoms with van der Waals surface area (Å²) in [5.74, 6) is 0.513. The van der Waals surface area contributed by atoms with Crippen molar-refractivity contribution in [3.05, 3.63) is 24.0 Å². The lowest BCUT2D eigenvalue weighted by molar-refractivity contribution is 0.0447. The number of aromatic nitrogens is 1. The maximum atomic E-state index is 12.4. The quantitative estimate of drug-likeness (QED) is 0.812. The van der Waals surface area contributed by atoms with E-state index in [1.54, 1.807) is 12.3 Å². The molecule has 0 amide bonds. The number of nitrogens with two attached hydrogens (primary N) is 1. The summed E-state index contributed by atoms with van der Waals surface area (Å²) >= 11 is 0. The van der Waals surface area contributed by atoms with Crippen LogP contribution in [0.15, 0.2) is 18.5 Å². The zero-order valence-electron chi connectivity index (χ0n) is 10.5. The Morgan fingerprint density at radius 2 is 2.22 bits per heavy atom. The van der Waals surface area contributed by atoms with Gasteiger partial charge < -0.3 is 15.2 Å². The molecule has 0 unspecified atom stereocenters. The van der Waals surface area contributed by atoms with Gasteiger partial charge in [0.25, 0.3) is 0 Å². The molecular weight excluding hydrogens is 232 g/mol. The molecule has 5 heteroatoms. The van der Waals surface area contributed by atoms with E-state index >= 15 is 0 Å². The summed E-state index contributed by atoms with van der Waals surface area (Å²) < 4.78 is 10.6. The van der Waals surface area contributed by atoms with Crippen LogP contribution in [0.4, 0.5) is 0 Å². The predicted molar refractivity (Wildman–Crippen MR) is 66.7 cm³/mol. The van der Waals surface area contributed by atoms with E-state index in [9.17, 15) is 4.79 Å². The van der Waals surface area contributed by atoms with E-state index in [2.05, 4.69) is 4.98 Å². The smallest absolute Gasteiger partial charge is 0.184 e. The molecule has 0 spiro atoms. The van der Waals surface area contributed by atoms with Crippen LogP contribution in [0, 0.1) is 0 Å². The molecule has 2 rings (SSSR count). The Kier molecular flexibility index (Phi) is 3.93. The van der Waals surface area contributed by atoms with Gasteiger partial charge in [-0.25, -0.2) is 0 Å². The van der Waals surface area contributed by atoms with E-state index in [0.717, 1.165) is 0 Å². The van der Waals surface area contributed by atoms with Gasteiger partial charge in [0.05, 0.1) is 18.3 Å². The highest BCUT2D eigenvalue weighted by atomic mass is 16.5. The highest BCUT2D eigenvalue weighted by Gasteiger charge is 2.36. The molecule has 1 aliphatic heterocycles. The predicted octanol–water partition coefficient (Wildman–Crippen LogP) is 1.17. The van der Waals surface area contributed by atoms with Crippen LogP contribution in [-0.4, -0.2) is 36.1 Å². The molecule has 1 aromatic heterocycles. The van der Waals surface area contributed by atoms with Gasteiger partial charge in [0.2, 0.25) is 0 Å². The molecule has 1 aromatic rings. The lowest BCUT2D eigenvalue weighted by Gasteiger charge is -2.31. The number of hydrogen-bond acceptors (Lipinski definition) is 5. The highest BCUT2D eigenvalue weighted by Crippen LogP contribution is 2.24. The number of ether oxygens (including phenoxy) is 2. The molecule has 1 aliphatic rings. The van der Waals surface area contributed by atoms with E-state index in [4.69, 9.17) is 15.2 Å². The third-order valence-corrected chi connectivity index (χ3v) is 3.12. The lowest BCUT2D eigenvalue weighted by atomic mass is 9.84. The normalized spacial score (nSPS) is 18.3. The van der Waals surface area contributed by atoms with Crippen LogP contribution in [0.2, 0.25) is 0 Å². The number of carbonyl (C=O) groups is 1. The molecule has 0 bridgehead atoms. The summed E-state index contributed by atoms with van der Waals surface area (Å²) in [5.41, 5.74) is 5.84. The van der Waals surface area contributed by atoms with Crippen LogP contribution < -0.4 is 10.5 Å². The third-order valence-electron chi connectivity index (χ3n) is 3.12. The van der Waals surface area contributed by atoms with Crippen molar-refractivity contribution in [2.24, 2.45) is 5.73 Å². The molecule has 1 fully saturated rings. The van der Waals surface area contributed by atoms with Crippen LogP contribution in [0.1, 0.15) is 30.1 Å². The first kappa shape index (κ1) is 13.0. The van der Waals surface area contributed by atoms with Gasteiger partial charge in [-0.2, -0.15) is 0 Å². The second-order valence-corrected chi connectivity index (χ2v) is 4.44. The Bertz CT molecular complexity index is 428. The number of pyridine rings is 1. The van der Waals surface area contributed by atoms with Crippen molar-refractivity contribution in [1.29, 1.82) is 0 Å². The Hall–Kier alpha value is -1.46. The first-order valence-corrected chi connectivity index (χ1v) is 6.15. The molecule has 5 nitrogen and oxygen atoms in total. The molecule has 1 saturated heterocycles. The summed E-state index contributed by atoms with van der Waals surface area (Å²) in [5, 5.41) is 0. The minimum Gasteiger partial charge on any atom is -0.492 e. The van der Waals surface area contributed by atoms with Crippen molar-refractivity contribution in [3.63, 3.8) is 0 Å². The minimum absolute atomic E-state index is 0.0835. The summed E-state index contributed by atoms with van der Waals surface area (Å²) in [6, 6.07) is 1.70. The Morgan fingerprint density at radius 1 is 1.50 bits per heavy atom. The average molecular weight is 250 g/mol. The van der Waals surface area contributed by atoms with Gasteiger partial charge in [-0.05, 0) is 25.8 Å². The van der Waals surface area contributed by atoms with Crippen molar-refractivity contribution in [1.82, 2.24) is 4.98 Å². The van der Waals surface area contributed by atoms with Gasteiger partial charge in [0.1, 0.15) is 5.75 Å². The van der Waals surface area contributed by atoms with Gasteiger partial charge in [-0.15, -0.1) is 0 Å². The molecule has 0 aromatic carbocycles. The summed E-state index contributed by atoms with van der Waals surface area (Å²) in [4.78, 5) is 16.4. The van der Waals surface area contributed by atoms with Crippen molar-refractivity contribution in [3.8, 4) is 5.75 Å². The standard InChI is InChI=1S/C13H18N2O3/c1-2-18-11-7-10(8-15-9-11)12(16)13(14)3-5-17-6-4-13/h7-9H,2-6,14H2,1H3. The Balaban J connectivity index is 2.19. The summed E-state index contributed by atoms with van der Waals surface area (Å²) in [7, 11) is 0. The molecule has 2 N–H and O–H groups in total. The maximum absolute atomic E-state index is 12.4. The van der Waals surface area contributed by atoms with E-state index in [1.165, 1.54) is 6.20 Å². The first-order chi connectivity index (χ1) is 8.65. The fourth-order valence-corrected chi connectivity index (χ4v) is 2.04. The highest BCUT2D eigenvalue weighted by molar-refractivity contribution is 6.03. The second-order valence-electron chi connectivity index (χ2n) is 4.44.